The summed E-state index contributed by atoms with van der Waals surface area (Å²) in [5, 5.41) is 11.4. The van der Waals surface area contributed by atoms with Crippen molar-refractivity contribution in [2.45, 2.75) is 26.2 Å². The summed E-state index contributed by atoms with van der Waals surface area (Å²) in [4.78, 5) is 23.2. The number of benzene rings is 1. The number of carbonyl (C=O) groups is 2. The molecular formula is C14H19NO4. The van der Waals surface area contributed by atoms with Crippen LogP contribution in [-0.4, -0.2) is 30.7 Å². The predicted molar refractivity (Wildman–Crippen MR) is 72.1 cm³/mol. The van der Waals surface area contributed by atoms with Crippen molar-refractivity contribution < 1.29 is 19.4 Å². The minimum atomic E-state index is -0.422. The smallest absolute Gasteiger partial charge is 0.338 e. The number of esters is 1. The van der Waals surface area contributed by atoms with E-state index in [0.717, 1.165) is 0 Å². The fourth-order valence-corrected chi connectivity index (χ4v) is 1.71. The molecule has 0 aliphatic rings. The molecule has 0 aliphatic heterocycles. The van der Waals surface area contributed by atoms with Gasteiger partial charge in [0.1, 0.15) is 0 Å². The Balaban J connectivity index is 2.73. The number of aliphatic hydroxyl groups excluding tert-OH is 1. The first-order valence-electron chi connectivity index (χ1n) is 6.18. The molecule has 0 atom stereocenters. The van der Waals surface area contributed by atoms with Crippen LogP contribution in [0.5, 0.6) is 0 Å². The van der Waals surface area contributed by atoms with E-state index >= 15 is 0 Å². The van der Waals surface area contributed by atoms with Crippen LogP contribution in [0.15, 0.2) is 18.2 Å². The highest BCUT2D eigenvalue weighted by Crippen LogP contribution is 2.20. The molecule has 1 rings (SSSR count). The first-order valence-corrected chi connectivity index (χ1v) is 6.18. The summed E-state index contributed by atoms with van der Waals surface area (Å²) in [6.45, 7) is 1.85. The molecule has 0 unspecified atom stereocenters. The number of methoxy groups -OCH3 is 1. The summed E-state index contributed by atoms with van der Waals surface area (Å²) >= 11 is 0. The van der Waals surface area contributed by atoms with Gasteiger partial charge in [-0.1, -0.05) is 6.07 Å². The van der Waals surface area contributed by atoms with E-state index in [-0.39, 0.29) is 12.5 Å². The summed E-state index contributed by atoms with van der Waals surface area (Å²) in [7, 11) is 1.32. The number of aliphatic hydroxyl groups is 1. The van der Waals surface area contributed by atoms with Gasteiger partial charge in [-0.05, 0) is 37.5 Å². The summed E-state index contributed by atoms with van der Waals surface area (Å²) in [5.74, 6) is -0.549. The van der Waals surface area contributed by atoms with Crippen molar-refractivity contribution in [1.29, 1.82) is 0 Å². The van der Waals surface area contributed by atoms with E-state index in [4.69, 9.17) is 5.11 Å². The monoisotopic (exact) mass is 265 g/mol. The Morgan fingerprint density at radius 2 is 2.05 bits per heavy atom. The fourth-order valence-electron chi connectivity index (χ4n) is 1.71. The first kappa shape index (κ1) is 15.2. The maximum Gasteiger partial charge on any atom is 0.338 e. The molecule has 1 aromatic rings. The highest BCUT2D eigenvalue weighted by Gasteiger charge is 2.13. The number of hydrogen-bond acceptors (Lipinski definition) is 4. The van der Waals surface area contributed by atoms with E-state index in [0.29, 0.717) is 36.1 Å². The highest BCUT2D eigenvalue weighted by molar-refractivity contribution is 5.96. The Bertz CT molecular complexity index is 457. The van der Waals surface area contributed by atoms with Gasteiger partial charge in [0.15, 0.2) is 0 Å². The highest BCUT2D eigenvalue weighted by atomic mass is 16.5. The molecule has 0 bridgehead atoms. The van der Waals surface area contributed by atoms with Crippen LogP contribution in [-0.2, 0) is 9.53 Å². The fraction of sp³-hybridized carbons (Fsp3) is 0.429. The summed E-state index contributed by atoms with van der Waals surface area (Å²) < 4.78 is 4.68. The second-order valence-electron chi connectivity index (χ2n) is 4.20. The van der Waals surface area contributed by atoms with Crippen LogP contribution in [0.25, 0.3) is 0 Å². The van der Waals surface area contributed by atoms with Crippen molar-refractivity contribution in [2.75, 3.05) is 19.0 Å². The third kappa shape index (κ3) is 4.37. The molecule has 0 radical (unpaired) electrons. The van der Waals surface area contributed by atoms with E-state index in [1.54, 1.807) is 25.1 Å². The van der Waals surface area contributed by atoms with Gasteiger partial charge in [0.25, 0.3) is 0 Å². The third-order valence-corrected chi connectivity index (χ3v) is 2.83. The van der Waals surface area contributed by atoms with Crippen molar-refractivity contribution in [1.82, 2.24) is 0 Å². The van der Waals surface area contributed by atoms with Crippen molar-refractivity contribution in [3.63, 3.8) is 0 Å². The van der Waals surface area contributed by atoms with Gasteiger partial charge in [-0.15, -0.1) is 0 Å². The second-order valence-corrected chi connectivity index (χ2v) is 4.20. The molecular weight excluding hydrogens is 246 g/mol. The van der Waals surface area contributed by atoms with E-state index < -0.39 is 5.97 Å². The van der Waals surface area contributed by atoms with Crippen LogP contribution in [0.3, 0.4) is 0 Å². The Morgan fingerprint density at radius 1 is 1.32 bits per heavy atom. The minimum Gasteiger partial charge on any atom is -0.465 e. The quantitative estimate of drug-likeness (QED) is 0.608. The Labute approximate surface area is 112 Å². The molecule has 0 aromatic heterocycles. The molecule has 19 heavy (non-hydrogen) atoms. The number of hydrogen-bond donors (Lipinski definition) is 2. The maximum atomic E-state index is 11.7. The van der Waals surface area contributed by atoms with E-state index in [1.807, 2.05) is 0 Å². The lowest BCUT2D eigenvalue weighted by Gasteiger charge is -2.11. The van der Waals surface area contributed by atoms with Crippen LogP contribution >= 0.6 is 0 Å². The lowest BCUT2D eigenvalue weighted by Crippen LogP contribution is -2.14. The minimum absolute atomic E-state index is 0.0874. The number of ether oxygens (including phenoxy) is 1. The number of nitrogens with one attached hydrogen (secondary N) is 1. The van der Waals surface area contributed by atoms with Gasteiger partial charge in [-0.3, -0.25) is 4.79 Å². The summed E-state index contributed by atoms with van der Waals surface area (Å²) in [5.41, 5.74) is 1.73. The number of rotatable bonds is 6. The predicted octanol–water partition coefficient (Wildman–Crippen LogP) is 1.88. The Morgan fingerprint density at radius 3 is 2.68 bits per heavy atom. The number of carbonyl (C=O) groups excluding carboxylic acids is 2. The number of unbranched alkanes of at least 4 members (excludes halogenated alkanes) is 1. The molecule has 0 fully saturated rings. The van der Waals surface area contributed by atoms with Gasteiger partial charge >= 0.3 is 5.97 Å². The van der Waals surface area contributed by atoms with Crippen LogP contribution in [0.1, 0.15) is 35.2 Å². The Kier molecular flexibility index (Phi) is 6.02. The SMILES string of the molecule is COC(=O)c1cccc(NC(=O)CCCCO)c1C. The third-order valence-electron chi connectivity index (χ3n) is 2.83. The van der Waals surface area contributed by atoms with E-state index in [1.165, 1.54) is 7.11 Å². The van der Waals surface area contributed by atoms with Gasteiger partial charge in [0.05, 0.1) is 12.7 Å². The summed E-state index contributed by atoms with van der Waals surface area (Å²) in [6, 6.07) is 5.09. The number of amides is 1. The average Bonchev–Trinajstić information content (AvgIpc) is 2.40. The van der Waals surface area contributed by atoms with E-state index in [2.05, 4.69) is 10.1 Å². The zero-order chi connectivity index (χ0) is 14.3. The molecule has 5 nitrogen and oxygen atoms in total. The summed E-state index contributed by atoms with van der Waals surface area (Å²) in [6.07, 6.45) is 1.59. The molecule has 0 aliphatic carbocycles. The number of anilines is 1. The normalized spacial score (nSPS) is 10.1. The Hall–Kier alpha value is -1.88. The topological polar surface area (TPSA) is 75.6 Å². The molecule has 104 valence electrons. The van der Waals surface area contributed by atoms with Crippen LogP contribution in [0, 0.1) is 6.92 Å². The molecule has 2 N–H and O–H groups in total. The largest absolute Gasteiger partial charge is 0.465 e. The molecule has 0 saturated carbocycles. The van der Waals surface area contributed by atoms with Gasteiger partial charge < -0.3 is 15.2 Å². The molecule has 0 saturated heterocycles. The standard InChI is InChI=1S/C14H19NO4/c1-10-11(14(18)19-2)6-5-7-12(10)15-13(17)8-3-4-9-16/h5-7,16H,3-4,8-9H2,1-2H3,(H,15,17). The zero-order valence-electron chi connectivity index (χ0n) is 11.2. The zero-order valence-corrected chi connectivity index (χ0v) is 11.2. The van der Waals surface area contributed by atoms with Gasteiger partial charge in [-0.2, -0.15) is 0 Å². The molecule has 0 heterocycles. The molecule has 1 aromatic carbocycles. The molecule has 0 spiro atoms. The van der Waals surface area contributed by atoms with Gasteiger partial charge in [0, 0.05) is 18.7 Å². The lowest BCUT2D eigenvalue weighted by atomic mass is 10.1. The maximum absolute atomic E-state index is 11.7. The van der Waals surface area contributed by atoms with Crippen molar-refractivity contribution in [3.8, 4) is 0 Å². The van der Waals surface area contributed by atoms with Crippen LogP contribution in [0.4, 0.5) is 5.69 Å². The van der Waals surface area contributed by atoms with Gasteiger partial charge in [0.2, 0.25) is 5.91 Å². The molecule has 1 amide bonds. The van der Waals surface area contributed by atoms with Crippen LogP contribution < -0.4 is 5.32 Å². The molecule has 5 heteroatoms. The van der Waals surface area contributed by atoms with Gasteiger partial charge in [-0.25, -0.2) is 4.79 Å². The van der Waals surface area contributed by atoms with Crippen molar-refractivity contribution >= 4 is 17.6 Å². The van der Waals surface area contributed by atoms with E-state index in [9.17, 15) is 9.59 Å². The van der Waals surface area contributed by atoms with Crippen molar-refractivity contribution in [3.05, 3.63) is 29.3 Å². The van der Waals surface area contributed by atoms with Crippen LogP contribution in [0.2, 0.25) is 0 Å². The first-order chi connectivity index (χ1) is 9.10. The lowest BCUT2D eigenvalue weighted by molar-refractivity contribution is -0.116. The second kappa shape index (κ2) is 7.53. The van der Waals surface area contributed by atoms with Crippen molar-refractivity contribution in [2.24, 2.45) is 0 Å². The average molecular weight is 265 g/mol.